The van der Waals surface area contributed by atoms with Crippen LogP contribution in [0.15, 0.2) is 34.7 Å². The average molecular weight is 397 g/mol. The molecule has 0 atom stereocenters. The van der Waals surface area contributed by atoms with Crippen molar-refractivity contribution < 1.29 is 14.0 Å². The highest BCUT2D eigenvalue weighted by atomic mass is 127. The maximum atomic E-state index is 11.9. The van der Waals surface area contributed by atoms with Crippen LogP contribution in [-0.4, -0.2) is 11.7 Å². The number of benzene rings is 1. The summed E-state index contributed by atoms with van der Waals surface area (Å²) in [6.07, 6.45) is 0.791. The standard InChI is InChI=1S/C16H16INO3/c1-10(19)15-9-14(21-11(15)2)6-7-16(20)18-13-5-3-4-12(17)8-13/h3-5,8-9H,6-7H2,1-2H3,(H,18,20). The number of carbonyl (C=O) groups is 2. The summed E-state index contributed by atoms with van der Waals surface area (Å²) in [7, 11) is 0. The van der Waals surface area contributed by atoms with Crippen molar-refractivity contribution >= 4 is 40.0 Å². The molecule has 1 amide bonds. The molecule has 1 heterocycles. The van der Waals surface area contributed by atoms with E-state index < -0.39 is 0 Å². The monoisotopic (exact) mass is 397 g/mol. The van der Waals surface area contributed by atoms with E-state index >= 15 is 0 Å². The molecule has 1 aromatic heterocycles. The van der Waals surface area contributed by atoms with Gasteiger partial charge in [-0.05, 0) is 60.7 Å². The van der Waals surface area contributed by atoms with Crippen LogP contribution in [0.3, 0.4) is 0 Å². The Kier molecular flexibility index (Phi) is 5.17. The van der Waals surface area contributed by atoms with Crippen LogP contribution >= 0.6 is 22.6 Å². The summed E-state index contributed by atoms with van der Waals surface area (Å²) < 4.78 is 6.56. The smallest absolute Gasteiger partial charge is 0.224 e. The van der Waals surface area contributed by atoms with Crippen molar-refractivity contribution in [3.63, 3.8) is 0 Å². The lowest BCUT2D eigenvalue weighted by atomic mass is 10.1. The van der Waals surface area contributed by atoms with Crippen LogP contribution in [0, 0.1) is 10.5 Å². The van der Waals surface area contributed by atoms with Gasteiger partial charge in [-0.25, -0.2) is 0 Å². The van der Waals surface area contributed by atoms with E-state index in [0.29, 0.717) is 29.9 Å². The van der Waals surface area contributed by atoms with Crippen molar-refractivity contribution in [1.82, 2.24) is 0 Å². The molecule has 0 aliphatic heterocycles. The second-order valence-corrected chi connectivity index (χ2v) is 6.04. The molecule has 0 saturated carbocycles. The van der Waals surface area contributed by atoms with Gasteiger partial charge in [0.15, 0.2) is 5.78 Å². The number of halogens is 1. The molecule has 0 aliphatic carbocycles. The van der Waals surface area contributed by atoms with Gasteiger partial charge in [-0.15, -0.1) is 0 Å². The fraction of sp³-hybridized carbons (Fsp3) is 0.250. The van der Waals surface area contributed by atoms with E-state index in [4.69, 9.17) is 4.42 Å². The number of furan rings is 1. The number of rotatable bonds is 5. The molecule has 110 valence electrons. The largest absolute Gasteiger partial charge is 0.466 e. The van der Waals surface area contributed by atoms with Crippen LogP contribution in [0.4, 0.5) is 5.69 Å². The summed E-state index contributed by atoms with van der Waals surface area (Å²) in [6.45, 7) is 3.26. The van der Waals surface area contributed by atoms with Gasteiger partial charge < -0.3 is 9.73 Å². The molecule has 0 saturated heterocycles. The number of carbonyl (C=O) groups excluding carboxylic acids is 2. The quantitative estimate of drug-likeness (QED) is 0.614. The fourth-order valence-electron chi connectivity index (χ4n) is 2.04. The summed E-state index contributed by atoms with van der Waals surface area (Å²) in [6, 6.07) is 9.34. The van der Waals surface area contributed by atoms with Crippen molar-refractivity contribution in [2.45, 2.75) is 26.7 Å². The molecule has 0 fully saturated rings. The third-order valence-corrected chi connectivity index (χ3v) is 3.73. The third-order valence-electron chi connectivity index (χ3n) is 3.05. The zero-order valence-corrected chi connectivity index (χ0v) is 14.1. The van der Waals surface area contributed by atoms with Gasteiger partial charge in [-0.2, -0.15) is 0 Å². The molecule has 2 aromatic rings. The van der Waals surface area contributed by atoms with E-state index in [9.17, 15) is 9.59 Å². The van der Waals surface area contributed by atoms with Crippen LogP contribution in [0.2, 0.25) is 0 Å². The molecule has 0 spiro atoms. The fourth-order valence-corrected chi connectivity index (χ4v) is 2.59. The van der Waals surface area contributed by atoms with Crippen LogP contribution in [-0.2, 0) is 11.2 Å². The molecule has 1 N–H and O–H groups in total. The Hall–Kier alpha value is -1.63. The van der Waals surface area contributed by atoms with Crippen LogP contribution in [0.25, 0.3) is 0 Å². The Morgan fingerprint density at radius 2 is 2.05 bits per heavy atom. The van der Waals surface area contributed by atoms with Crippen molar-refractivity contribution in [3.05, 3.63) is 51.0 Å². The van der Waals surface area contributed by atoms with Crippen molar-refractivity contribution in [2.75, 3.05) is 5.32 Å². The molecular weight excluding hydrogens is 381 g/mol. The first-order valence-corrected chi connectivity index (χ1v) is 7.69. The third kappa shape index (κ3) is 4.42. The van der Waals surface area contributed by atoms with Gasteiger partial charge in [0.2, 0.25) is 5.91 Å². The highest BCUT2D eigenvalue weighted by Crippen LogP contribution is 2.17. The van der Waals surface area contributed by atoms with E-state index in [1.54, 1.807) is 13.0 Å². The van der Waals surface area contributed by atoms with E-state index in [1.807, 2.05) is 24.3 Å². The summed E-state index contributed by atoms with van der Waals surface area (Å²) in [5.41, 5.74) is 1.37. The average Bonchev–Trinajstić information content (AvgIpc) is 2.78. The first-order valence-electron chi connectivity index (χ1n) is 6.61. The predicted molar refractivity (Wildman–Crippen MR) is 89.6 cm³/mol. The van der Waals surface area contributed by atoms with Gasteiger partial charge in [-0.1, -0.05) is 6.07 Å². The molecule has 0 unspecified atom stereocenters. The molecule has 4 nitrogen and oxygen atoms in total. The second kappa shape index (κ2) is 6.89. The highest BCUT2D eigenvalue weighted by molar-refractivity contribution is 14.1. The number of nitrogens with one attached hydrogen (secondary N) is 1. The molecule has 0 bridgehead atoms. The SMILES string of the molecule is CC(=O)c1cc(CCC(=O)Nc2cccc(I)c2)oc1C. The van der Waals surface area contributed by atoms with Gasteiger partial charge in [0.25, 0.3) is 0 Å². The molecule has 1 aromatic carbocycles. The number of ketones is 1. The Bertz CT molecular complexity index is 676. The number of amides is 1. The van der Waals surface area contributed by atoms with Gasteiger partial charge in [0, 0.05) is 22.1 Å². The van der Waals surface area contributed by atoms with Crippen molar-refractivity contribution in [3.8, 4) is 0 Å². The number of anilines is 1. The van der Waals surface area contributed by atoms with Crippen molar-refractivity contribution in [1.29, 1.82) is 0 Å². The predicted octanol–water partition coefficient (Wildman–Crippen LogP) is 3.97. The minimum atomic E-state index is -0.0737. The van der Waals surface area contributed by atoms with Gasteiger partial charge in [0.05, 0.1) is 5.56 Å². The van der Waals surface area contributed by atoms with Gasteiger partial charge in [0.1, 0.15) is 11.5 Å². The minimum absolute atomic E-state index is 0.0224. The molecular formula is C16H16INO3. The first kappa shape index (κ1) is 15.8. The lowest BCUT2D eigenvalue weighted by Crippen LogP contribution is -2.12. The summed E-state index contributed by atoms with van der Waals surface area (Å²) in [4.78, 5) is 23.3. The van der Waals surface area contributed by atoms with E-state index in [1.165, 1.54) is 6.92 Å². The molecule has 0 radical (unpaired) electrons. The van der Waals surface area contributed by atoms with E-state index in [2.05, 4.69) is 27.9 Å². The maximum absolute atomic E-state index is 11.9. The number of Topliss-reactive ketones (excluding diaryl/α,β-unsaturated/α-hetero) is 1. The normalized spacial score (nSPS) is 10.4. The zero-order valence-electron chi connectivity index (χ0n) is 11.9. The lowest BCUT2D eigenvalue weighted by Gasteiger charge is -2.04. The summed E-state index contributed by atoms with van der Waals surface area (Å²) in [5, 5.41) is 2.84. The Labute approximate surface area is 137 Å². The maximum Gasteiger partial charge on any atom is 0.224 e. The van der Waals surface area contributed by atoms with E-state index in [0.717, 1.165) is 9.26 Å². The summed E-state index contributed by atoms with van der Waals surface area (Å²) >= 11 is 2.20. The minimum Gasteiger partial charge on any atom is -0.466 e. The highest BCUT2D eigenvalue weighted by Gasteiger charge is 2.12. The summed E-state index contributed by atoms with van der Waals surface area (Å²) in [5.74, 6) is 1.17. The topological polar surface area (TPSA) is 59.3 Å². The molecule has 2 rings (SSSR count). The van der Waals surface area contributed by atoms with Crippen LogP contribution < -0.4 is 5.32 Å². The van der Waals surface area contributed by atoms with Gasteiger partial charge >= 0.3 is 0 Å². The Balaban J connectivity index is 1.92. The van der Waals surface area contributed by atoms with Crippen LogP contribution in [0.1, 0.15) is 35.2 Å². The van der Waals surface area contributed by atoms with Gasteiger partial charge in [-0.3, -0.25) is 9.59 Å². The van der Waals surface area contributed by atoms with E-state index in [-0.39, 0.29) is 11.7 Å². The zero-order chi connectivity index (χ0) is 15.4. The molecule has 0 aliphatic rings. The number of hydrogen-bond acceptors (Lipinski definition) is 3. The molecule has 21 heavy (non-hydrogen) atoms. The lowest BCUT2D eigenvalue weighted by molar-refractivity contribution is -0.116. The first-order chi connectivity index (χ1) is 9.95. The number of hydrogen-bond donors (Lipinski definition) is 1. The Morgan fingerprint density at radius 3 is 2.67 bits per heavy atom. The van der Waals surface area contributed by atoms with Crippen LogP contribution in [0.5, 0.6) is 0 Å². The second-order valence-electron chi connectivity index (χ2n) is 4.80. The Morgan fingerprint density at radius 1 is 1.29 bits per heavy atom. The molecule has 5 heteroatoms. The van der Waals surface area contributed by atoms with Crippen molar-refractivity contribution in [2.24, 2.45) is 0 Å². The number of aryl methyl sites for hydroxylation is 2.